The van der Waals surface area contributed by atoms with Gasteiger partial charge < -0.3 is 19.2 Å². The fourth-order valence-electron chi connectivity index (χ4n) is 3.70. The Labute approximate surface area is 162 Å². The van der Waals surface area contributed by atoms with Crippen LogP contribution in [-0.2, 0) is 11.3 Å². The summed E-state index contributed by atoms with van der Waals surface area (Å²) in [7, 11) is 0. The van der Waals surface area contributed by atoms with E-state index in [1.807, 2.05) is 36.9 Å². The summed E-state index contributed by atoms with van der Waals surface area (Å²) in [4.78, 5) is 27.1. The third-order valence-corrected chi connectivity index (χ3v) is 5.40. The minimum absolute atomic E-state index is 0.0589. The normalized spacial score (nSPS) is 17.7. The van der Waals surface area contributed by atoms with E-state index >= 15 is 0 Å². The van der Waals surface area contributed by atoms with Gasteiger partial charge in [0.25, 0.3) is 5.91 Å². The number of benzene rings is 1. The van der Waals surface area contributed by atoms with Gasteiger partial charge in [0, 0.05) is 30.0 Å². The Balaban J connectivity index is 1.43. The van der Waals surface area contributed by atoms with Gasteiger partial charge in [-0.15, -0.1) is 0 Å². The zero-order chi connectivity index (χ0) is 19.7. The Bertz CT molecular complexity index is 1000. The number of nitrogens with zero attached hydrogens (tertiary/aromatic N) is 2. The molecule has 146 valence electrons. The minimum Gasteiger partial charge on any atom is -0.464 e. The molecule has 1 unspecified atom stereocenters. The van der Waals surface area contributed by atoms with E-state index in [4.69, 9.17) is 8.94 Å². The van der Waals surface area contributed by atoms with E-state index < -0.39 is 0 Å². The van der Waals surface area contributed by atoms with Crippen LogP contribution in [0.1, 0.15) is 46.6 Å². The summed E-state index contributed by atoms with van der Waals surface area (Å²) in [5.41, 5.74) is 2.88. The number of carbonyl (C=O) groups is 2. The van der Waals surface area contributed by atoms with Crippen molar-refractivity contribution < 1.29 is 18.5 Å². The second-order valence-corrected chi connectivity index (χ2v) is 7.26. The smallest absolute Gasteiger partial charge is 0.255 e. The SMILES string of the molecule is Cc1noc(C)c1CN1CCC(NC(=O)c2cccc3ccoc23)CCC1=O. The number of hydrogen-bond donors (Lipinski definition) is 1. The maximum Gasteiger partial charge on any atom is 0.255 e. The van der Waals surface area contributed by atoms with Crippen LogP contribution in [0.15, 0.2) is 39.5 Å². The first-order chi connectivity index (χ1) is 13.5. The Kier molecular flexibility index (Phi) is 4.90. The molecule has 1 N–H and O–H groups in total. The van der Waals surface area contributed by atoms with Gasteiger partial charge in [-0.1, -0.05) is 17.3 Å². The molecule has 1 fully saturated rings. The molecule has 1 atom stereocenters. The summed E-state index contributed by atoms with van der Waals surface area (Å²) >= 11 is 0. The number of aromatic nitrogens is 1. The Morgan fingerprint density at radius 3 is 2.93 bits per heavy atom. The Morgan fingerprint density at radius 2 is 2.14 bits per heavy atom. The molecule has 1 aromatic carbocycles. The number of likely N-dealkylation sites (tertiary alicyclic amines) is 1. The molecule has 0 spiro atoms. The Hall–Kier alpha value is -3.09. The Morgan fingerprint density at radius 1 is 1.29 bits per heavy atom. The van der Waals surface area contributed by atoms with Crippen molar-refractivity contribution in [1.29, 1.82) is 0 Å². The van der Waals surface area contributed by atoms with E-state index in [9.17, 15) is 9.59 Å². The zero-order valence-corrected chi connectivity index (χ0v) is 16.0. The lowest BCUT2D eigenvalue weighted by Gasteiger charge is -2.21. The van der Waals surface area contributed by atoms with Crippen LogP contribution in [0.3, 0.4) is 0 Å². The van der Waals surface area contributed by atoms with Crippen molar-refractivity contribution in [3.8, 4) is 0 Å². The van der Waals surface area contributed by atoms with Gasteiger partial charge in [-0.05, 0) is 38.8 Å². The van der Waals surface area contributed by atoms with E-state index in [0.717, 1.165) is 22.4 Å². The van der Waals surface area contributed by atoms with Crippen molar-refractivity contribution in [1.82, 2.24) is 15.4 Å². The third kappa shape index (κ3) is 3.52. The number of nitrogens with one attached hydrogen (secondary N) is 1. The molecule has 0 saturated carbocycles. The van der Waals surface area contributed by atoms with Crippen LogP contribution in [0, 0.1) is 13.8 Å². The van der Waals surface area contributed by atoms with Crippen LogP contribution in [0.25, 0.3) is 11.0 Å². The van der Waals surface area contributed by atoms with Gasteiger partial charge >= 0.3 is 0 Å². The molecular formula is C21H23N3O4. The average molecular weight is 381 g/mol. The van der Waals surface area contributed by atoms with E-state index in [1.54, 1.807) is 12.3 Å². The maximum atomic E-state index is 12.8. The van der Waals surface area contributed by atoms with Gasteiger partial charge in [-0.25, -0.2) is 0 Å². The second kappa shape index (κ2) is 7.50. The van der Waals surface area contributed by atoms with Gasteiger partial charge in [-0.3, -0.25) is 9.59 Å². The van der Waals surface area contributed by atoms with Crippen LogP contribution in [0.2, 0.25) is 0 Å². The highest BCUT2D eigenvalue weighted by atomic mass is 16.5. The van der Waals surface area contributed by atoms with Crippen LogP contribution in [0.5, 0.6) is 0 Å². The van der Waals surface area contributed by atoms with Crippen molar-refractivity contribution in [3.05, 3.63) is 53.1 Å². The number of furan rings is 1. The maximum absolute atomic E-state index is 12.8. The van der Waals surface area contributed by atoms with Crippen molar-refractivity contribution >= 4 is 22.8 Å². The summed E-state index contributed by atoms with van der Waals surface area (Å²) in [6, 6.07) is 7.29. The monoisotopic (exact) mass is 381 g/mol. The van der Waals surface area contributed by atoms with Crippen molar-refractivity contribution in [2.24, 2.45) is 0 Å². The molecule has 7 nitrogen and oxygen atoms in total. The van der Waals surface area contributed by atoms with Crippen LogP contribution < -0.4 is 5.32 Å². The number of amides is 2. The number of fused-ring (bicyclic) bond motifs is 1. The van der Waals surface area contributed by atoms with Crippen LogP contribution in [-0.4, -0.2) is 34.5 Å². The summed E-state index contributed by atoms with van der Waals surface area (Å²) in [6.45, 7) is 4.81. The highest BCUT2D eigenvalue weighted by Gasteiger charge is 2.26. The van der Waals surface area contributed by atoms with Gasteiger partial charge in [0.2, 0.25) is 5.91 Å². The minimum atomic E-state index is -0.169. The molecule has 2 amide bonds. The zero-order valence-electron chi connectivity index (χ0n) is 16.0. The molecule has 2 aromatic heterocycles. The van der Waals surface area contributed by atoms with Crippen LogP contribution >= 0.6 is 0 Å². The highest BCUT2D eigenvalue weighted by Crippen LogP contribution is 2.22. The van der Waals surface area contributed by atoms with Crippen LogP contribution in [0.4, 0.5) is 0 Å². The molecular weight excluding hydrogens is 358 g/mol. The molecule has 0 radical (unpaired) electrons. The van der Waals surface area contributed by atoms with E-state index in [-0.39, 0.29) is 17.9 Å². The molecule has 4 rings (SSSR count). The topological polar surface area (TPSA) is 88.6 Å². The second-order valence-electron chi connectivity index (χ2n) is 7.26. The first-order valence-corrected chi connectivity index (χ1v) is 9.49. The first kappa shape index (κ1) is 18.3. The van der Waals surface area contributed by atoms with E-state index in [1.165, 1.54) is 0 Å². The fourth-order valence-corrected chi connectivity index (χ4v) is 3.70. The largest absolute Gasteiger partial charge is 0.464 e. The molecule has 3 heterocycles. The molecule has 0 bridgehead atoms. The molecule has 1 saturated heterocycles. The van der Waals surface area contributed by atoms with Crippen molar-refractivity contribution in [2.75, 3.05) is 6.54 Å². The van der Waals surface area contributed by atoms with Gasteiger partial charge in [0.1, 0.15) is 11.3 Å². The van der Waals surface area contributed by atoms with Crippen molar-refractivity contribution in [3.63, 3.8) is 0 Å². The van der Waals surface area contributed by atoms with E-state index in [2.05, 4.69) is 10.5 Å². The average Bonchev–Trinajstić information content (AvgIpc) is 3.24. The number of hydrogen-bond acceptors (Lipinski definition) is 5. The fraction of sp³-hybridized carbons (Fsp3) is 0.381. The first-order valence-electron chi connectivity index (χ1n) is 9.49. The van der Waals surface area contributed by atoms with E-state index in [0.29, 0.717) is 43.5 Å². The predicted octanol–water partition coefficient (Wildman–Crippen LogP) is 3.35. The number of aryl methyl sites for hydroxylation is 2. The quantitative estimate of drug-likeness (QED) is 0.749. The lowest BCUT2D eigenvalue weighted by Crippen LogP contribution is -2.36. The van der Waals surface area contributed by atoms with Gasteiger partial charge in [0.15, 0.2) is 0 Å². The standard InChI is InChI=1S/C21H23N3O4/c1-13-18(14(2)28-23-13)12-24-10-8-16(6-7-19(24)25)22-21(26)17-5-3-4-15-9-11-27-20(15)17/h3-5,9,11,16H,6-8,10,12H2,1-2H3,(H,22,26). The molecule has 7 heteroatoms. The van der Waals surface area contributed by atoms with Gasteiger partial charge in [0.05, 0.1) is 24.1 Å². The lowest BCUT2D eigenvalue weighted by molar-refractivity contribution is -0.131. The summed E-state index contributed by atoms with van der Waals surface area (Å²) in [5, 5.41) is 7.93. The summed E-state index contributed by atoms with van der Waals surface area (Å²) in [5.74, 6) is 0.660. The molecule has 28 heavy (non-hydrogen) atoms. The molecule has 3 aromatic rings. The van der Waals surface area contributed by atoms with Gasteiger partial charge in [-0.2, -0.15) is 0 Å². The molecule has 1 aliphatic heterocycles. The highest BCUT2D eigenvalue weighted by molar-refractivity contribution is 6.04. The number of rotatable bonds is 4. The number of para-hydroxylation sites is 1. The predicted molar refractivity (Wildman–Crippen MR) is 103 cm³/mol. The number of carbonyl (C=O) groups excluding carboxylic acids is 2. The lowest BCUT2D eigenvalue weighted by atomic mass is 10.1. The molecule has 1 aliphatic rings. The molecule has 0 aliphatic carbocycles. The summed E-state index contributed by atoms with van der Waals surface area (Å²) < 4.78 is 10.7. The summed E-state index contributed by atoms with van der Waals surface area (Å²) in [6.07, 6.45) is 3.31. The third-order valence-electron chi connectivity index (χ3n) is 5.40. The van der Waals surface area contributed by atoms with Crippen molar-refractivity contribution in [2.45, 2.75) is 45.7 Å².